The summed E-state index contributed by atoms with van der Waals surface area (Å²) in [6, 6.07) is 4.97. The largest absolute Gasteiger partial charge is 0.486 e. The van der Waals surface area contributed by atoms with Crippen molar-refractivity contribution in [1.29, 1.82) is 0 Å². The molecule has 2 aliphatic rings. The molecule has 1 heterocycles. The number of ether oxygens (including phenoxy) is 2. The minimum atomic E-state index is -3.49. The van der Waals surface area contributed by atoms with Gasteiger partial charge in [0.05, 0.1) is 4.90 Å². The highest BCUT2D eigenvalue weighted by atomic mass is 79.9. The molecule has 0 radical (unpaired) electrons. The predicted octanol–water partition coefficient (Wildman–Crippen LogP) is 2.40. The first kappa shape index (κ1) is 15.1. The predicted molar refractivity (Wildman–Crippen MR) is 82.8 cm³/mol. The lowest BCUT2D eigenvalue weighted by molar-refractivity contribution is 0.171. The third-order valence-corrected chi connectivity index (χ3v) is 6.21. The summed E-state index contributed by atoms with van der Waals surface area (Å²) in [4.78, 5) is 0.277. The topological polar surface area (TPSA) is 55.8 Å². The summed E-state index contributed by atoms with van der Waals surface area (Å²) >= 11 is 3.35. The molecule has 7 heteroatoms. The molecule has 5 nitrogen and oxygen atoms in total. The molecule has 21 heavy (non-hydrogen) atoms. The van der Waals surface area contributed by atoms with Gasteiger partial charge in [0.1, 0.15) is 13.2 Å². The van der Waals surface area contributed by atoms with E-state index >= 15 is 0 Å². The smallest absolute Gasteiger partial charge is 0.243 e. The van der Waals surface area contributed by atoms with Gasteiger partial charge in [-0.3, -0.25) is 0 Å². The molecular formula is C14H18BrNO4S. The molecule has 0 atom stereocenters. The zero-order valence-electron chi connectivity index (χ0n) is 11.6. The van der Waals surface area contributed by atoms with Crippen molar-refractivity contribution < 1.29 is 17.9 Å². The highest BCUT2D eigenvalue weighted by molar-refractivity contribution is 9.09. The Morgan fingerprint density at radius 3 is 2.52 bits per heavy atom. The summed E-state index contributed by atoms with van der Waals surface area (Å²) in [5.74, 6) is 1.12. The van der Waals surface area contributed by atoms with Gasteiger partial charge in [0, 0.05) is 24.0 Å². The maximum Gasteiger partial charge on any atom is 0.243 e. The Kier molecular flexibility index (Phi) is 4.42. The van der Waals surface area contributed by atoms with Gasteiger partial charge >= 0.3 is 0 Å². The van der Waals surface area contributed by atoms with E-state index in [1.165, 1.54) is 0 Å². The van der Waals surface area contributed by atoms with E-state index in [2.05, 4.69) is 15.9 Å². The van der Waals surface area contributed by atoms with E-state index in [1.807, 2.05) is 0 Å². The second-order valence-electron chi connectivity index (χ2n) is 5.19. The highest BCUT2D eigenvalue weighted by Gasteiger charge is 2.34. The number of halogens is 1. The van der Waals surface area contributed by atoms with Crippen molar-refractivity contribution in [2.75, 3.05) is 25.1 Å². The zero-order chi connectivity index (χ0) is 14.9. The molecule has 1 saturated carbocycles. The third kappa shape index (κ3) is 2.91. The maximum atomic E-state index is 12.9. The second kappa shape index (κ2) is 6.14. The Morgan fingerprint density at radius 1 is 1.19 bits per heavy atom. The van der Waals surface area contributed by atoms with Gasteiger partial charge in [-0.1, -0.05) is 22.4 Å². The van der Waals surface area contributed by atoms with E-state index < -0.39 is 10.0 Å². The van der Waals surface area contributed by atoms with Crippen LogP contribution >= 0.6 is 15.9 Å². The number of rotatable bonds is 5. The summed E-state index contributed by atoms with van der Waals surface area (Å²) in [5, 5.41) is 0.632. The Bertz CT molecular complexity index is 615. The number of alkyl halides is 1. The molecule has 0 amide bonds. The van der Waals surface area contributed by atoms with Crippen LogP contribution < -0.4 is 9.47 Å². The van der Waals surface area contributed by atoms with Crippen LogP contribution in [0.25, 0.3) is 0 Å². The molecule has 0 spiro atoms. The van der Waals surface area contributed by atoms with Gasteiger partial charge in [-0.05, 0) is 25.0 Å². The van der Waals surface area contributed by atoms with Crippen molar-refractivity contribution >= 4 is 26.0 Å². The average Bonchev–Trinajstić information content (AvgIpc) is 2.44. The fourth-order valence-corrected chi connectivity index (χ4v) is 4.90. The average molecular weight is 376 g/mol. The van der Waals surface area contributed by atoms with Crippen LogP contribution in [0.4, 0.5) is 0 Å². The standard InChI is InChI=1S/C14H18BrNO4S/c15-6-7-16(11-2-1-3-11)21(17,18)12-4-5-13-14(10-12)20-9-8-19-13/h4-5,10-11H,1-3,6-9H2. The van der Waals surface area contributed by atoms with Crippen molar-refractivity contribution in [2.24, 2.45) is 0 Å². The molecule has 1 fully saturated rings. The van der Waals surface area contributed by atoms with E-state index in [0.29, 0.717) is 36.6 Å². The molecule has 1 aromatic rings. The Hall–Kier alpha value is -0.790. The van der Waals surface area contributed by atoms with Crippen LogP contribution in [0.1, 0.15) is 19.3 Å². The van der Waals surface area contributed by atoms with Crippen molar-refractivity contribution in [2.45, 2.75) is 30.2 Å². The van der Waals surface area contributed by atoms with Gasteiger partial charge in [-0.25, -0.2) is 8.42 Å². The quantitative estimate of drug-likeness (QED) is 0.741. The minimum Gasteiger partial charge on any atom is -0.486 e. The van der Waals surface area contributed by atoms with Crippen LogP contribution in [0.5, 0.6) is 11.5 Å². The molecule has 1 aliphatic carbocycles. The van der Waals surface area contributed by atoms with E-state index in [4.69, 9.17) is 9.47 Å². The third-order valence-electron chi connectivity index (χ3n) is 3.91. The molecule has 0 unspecified atom stereocenters. The lowest BCUT2D eigenvalue weighted by Crippen LogP contribution is -2.45. The van der Waals surface area contributed by atoms with Crippen LogP contribution in [0.3, 0.4) is 0 Å². The van der Waals surface area contributed by atoms with Crippen molar-refractivity contribution in [3.63, 3.8) is 0 Å². The zero-order valence-corrected chi connectivity index (χ0v) is 14.0. The van der Waals surface area contributed by atoms with E-state index in [-0.39, 0.29) is 10.9 Å². The Morgan fingerprint density at radius 2 is 1.90 bits per heavy atom. The number of benzene rings is 1. The fraction of sp³-hybridized carbons (Fsp3) is 0.571. The summed E-state index contributed by atoms with van der Waals surface area (Å²) in [6.07, 6.45) is 2.98. The summed E-state index contributed by atoms with van der Waals surface area (Å²) in [7, 11) is -3.49. The van der Waals surface area contributed by atoms with Gasteiger partial charge in [-0.15, -0.1) is 0 Å². The summed E-state index contributed by atoms with van der Waals surface area (Å²) in [5.41, 5.74) is 0. The van der Waals surface area contributed by atoms with E-state index in [1.54, 1.807) is 22.5 Å². The lowest BCUT2D eigenvalue weighted by Gasteiger charge is -2.36. The molecule has 3 rings (SSSR count). The SMILES string of the molecule is O=S(=O)(c1ccc2c(c1)OCCO2)N(CCBr)C1CCC1. The van der Waals surface area contributed by atoms with Crippen molar-refractivity contribution in [3.8, 4) is 11.5 Å². The van der Waals surface area contributed by atoms with Crippen molar-refractivity contribution in [1.82, 2.24) is 4.31 Å². The van der Waals surface area contributed by atoms with E-state index in [0.717, 1.165) is 19.3 Å². The van der Waals surface area contributed by atoms with Crippen LogP contribution in [0.15, 0.2) is 23.1 Å². The van der Waals surface area contributed by atoms with Crippen LogP contribution in [0.2, 0.25) is 0 Å². The minimum absolute atomic E-state index is 0.126. The molecule has 1 aromatic carbocycles. The van der Waals surface area contributed by atoms with Gasteiger partial charge < -0.3 is 9.47 Å². The molecular weight excluding hydrogens is 358 g/mol. The second-order valence-corrected chi connectivity index (χ2v) is 7.88. The molecule has 0 N–H and O–H groups in total. The van der Waals surface area contributed by atoms with Crippen LogP contribution in [0, 0.1) is 0 Å². The number of hydrogen-bond donors (Lipinski definition) is 0. The first-order chi connectivity index (χ1) is 10.1. The molecule has 116 valence electrons. The van der Waals surface area contributed by atoms with Crippen LogP contribution in [-0.2, 0) is 10.0 Å². The summed E-state index contributed by atoms with van der Waals surface area (Å²) in [6.45, 7) is 1.43. The van der Waals surface area contributed by atoms with Gasteiger partial charge in [0.2, 0.25) is 10.0 Å². The maximum absolute atomic E-state index is 12.9. The first-order valence-electron chi connectivity index (χ1n) is 7.10. The fourth-order valence-electron chi connectivity index (χ4n) is 2.58. The highest BCUT2D eigenvalue weighted by Crippen LogP contribution is 2.35. The Balaban J connectivity index is 1.92. The molecule has 0 bridgehead atoms. The molecule has 0 aromatic heterocycles. The lowest BCUT2D eigenvalue weighted by atomic mass is 9.93. The van der Waals surface area contributed by atoms with Gasteiger partial charge in [0.15, 0.2) is 11.5 Å². The normalized spacial score (nSPS) is 18.6. The number of sulfonamides is 1. The number of nitrogens with zero attached hydrogens (tertiary/aromatic N) is 1. The monoisotopic (exact) mass is 375 g/mol. The number of hydrogen-bond acceptors (Lipinski definition) is 4. The first-order valence-corrected chi connectivity index (χ1v) is 9.66. The van der Waals surface area contributed by atoms with E-state index in [9.17, 15) is 8.42 Å². The van der Waals surface area contributed by atoms with Gasteiger partial charge in [-0.2, -0.15) is 4.31 Å². The Labute approximate surface area is 133 Å². The summed E-state index contributed by atoms with van der Waals surface area (Å²) < 4.78 is 38.2. The number of fused-ring (bicyclic) bond motifs is 1. The van der Waals surface area contributed by atoms with Crippen molar-refractivity contribution in [3.05, 3.63) is 18.2 Å². The van der Waals surface area contributed by atoms with Gasteiger partial charge in [0.25, 0.3) is 0 Å². The molecule has 1 aliphatic heterocycles. The van der Waals surface area contributed by atoms with Crippen LogP contribution in [-0.4, -0.2) is 43.9 Å². The molecule has 0 saturated heterocycles.